The first-order chi connectivity index (χ1) is 19.3. The number of nitrogens with zero attached hydrogens (tertiary/aromatic N) is 2. The summed E-state index contributed by atoms with van der Waals surface area (Å²) < 4.78 is 118. The molecule has 2 aromatic carbocycles. The van der Waals surface area contributed by atoms with Gasteiger partial charge in [0.15, 0.2) is 6.04 Å². The van der Waals surface area contributed by atoms with Gasteiger partial charge in [0.2, 0.25) is 15.9 Å². The van der Waals surface area contributed by atoms with Crippen molar-refractivity contribution in [3.8, 4) is 0 Å². The maximum absolute atomic E-state index is 13.4. The van der Waals surface area contributed by atoms with Gasteiger partial charge in [0.25, 0.3) is 0 Å². The van der Waals surface area contributed by atoms with Crippen molar-refractivity contribution < 1.29 is 43.9 Å². The Balaban J connectivity index is 1.79. The van der Waals surface area contributed by atoms with Gasteiger partial charge in [-0.2, -0.15) is 30.6 Å². The summed E-state index contributed by atoms with van der Waals surface area (Å²) in [5.41, 5.74) is -1.37. The van der Waals surface area contributed by atoms with Gasteiger partial charge in [-0.05, 0) is 67.8 Å². The molecular weight excluding hydrogens is 593 g/mol. The first-order valence-electron chi connectivity index (χ1n) is 12.6. The van der Waals surface area contributed by atoms with E-state index in [-0.39, 0.29) is 41.4 Å². The van der Waals surface area contributed by atoms with Gasteiger partial charge in [-0.1, -0.05) is 18.7 Å². The minimum atomic E-state index is -4.58. The molecule has 2 N–H and O–H groups in total. The van der Waals surface area contributed by atoms with Crippen LogP contribution in [0, 0.1) is 5.82 Å². The Kier molecular flexibility index (Phi) is 9.77. The molecule has 1 amide bonds. The van der Waals surface area contributed by atoms with Crippen LogP contribution < -0.4 is 10.6 Å². The summed E-state index contributed by atoms with van der Waals surface area (Å²) in [5.74, 6) is -1.24. The molecule has 0 aliphatic carbocycles. The lowest BCUT2D eigenvalue weighted by Gasteiger charge is -2.26. The summed E-state index contributed by atoms with van der Waals surface area (Å²) in [6.45, 7) is 5.97. The van der Waals surface area contributed by atoms with E-state index in [9.17, 15) is 43.9 Å². The standard InChI is InChI=1S/C27H29F7N4O3S/c1-17(23-36-22(25(2,3)37-23)24(39)35-14-13-26(29,30)31)12-15-38(42(40,41)21-10-8-20(28)9-11-21)16-18-4-6-19(7-5-18)27(32,33)34/h4-11,22H,1,12-16H2,2-3H3,(H,35,39)(H,36,37). The van der Waals surface area contributed by atoms with Gasteiger partial charge in [-0.25, -0.2) is 12.8 Å². The van der Waals surface area contributed by atoms with Crippen molar-refractivity contribution in [1.29, 1.82) is 0 Å². The van der Waals surface area contributed by atoms with Crippen molar-refractivity contribution in [1.82, 2.24) is 14.9 Å². The summed E-state index contributed by atoms with van der Waals surface area (Å²) >= 11 is 0. The molecule has 0 bridgehead atoms. The van der Waals surface area contributed by atoms with Crippen LogP contribution in [0.5, 0.6) is 0 Å². The molecule has 7 nitrogen and oxygen atoms in total. The molecule has 0 fully saturated rings. The molecule has 1 aliphatic rings. The largest absolute Gasteiger partial charge is 0.416 e. The molecule has 1 unspecified atom stereocenters. The van der Waals surface area contributed by atoms with Crippen LogP contribution in [0.3, 0.4) is 0 Å². The van der Waals surface area contributed by atoms with E-state index in [1.165, 1.54) is 0 Å². The molecule has 3 rings (SSSR count). The van der Waals surface area contributed by atoms with E-state index in [0.717, 1.165) is 52.8 Å². The fourth-order valence-corrected chi connectivity index (χ4v) is 5.54. The third kappa shape index (κ3) is 8.53. The summed E-state index contributed by atoms with van der Waals surface area (Å²) in [5, 5.41) is 5.20. The van der Waals surface area contributed by atoms with Crippen LogP contribution in [0.1, 0.15) is 37.8 Å². The zero-order valence-corrected chi connectivity index (χ0v) is 23.4. The third-order valence-electron chi connectivity index (χ3n) is 6.43. The van der Waals surface area contributed by atoms with E-state index in [1.807, 2.05) is 0 Å². The molecule has 1 aliphatic heterocycles. The van der Waals surface area contributed by atoms with Crippen molar-refractivity contribution in [2.24, 2.45) is 4.99 Å². The fraction of sp³-hybridized carbons (Fsp3) is 0.407. The second-order valence-corrected chi connectivity index (χ2v) is 12.2. The van der Waals surface area contributed by atoms with Crippen LogP contribution in [-0.4, -0.2) is 55.3 Å². The smallest absolute Gasteiger partial charge is 0.363 e. The Labute approximate surface area is 238 Å². The summed E-state index contributed by atoms with van der Waals surface area (Å²) in [7, 11) is -4.26. The molecule has 0 aromatic heterocycles. The predicted molar refractivity (Wildman–Crippen MR) is 141 cm³/mol. The highest BCUT2D eigenvalue weighted by molar-refractivity contribution is 7.89. The van der Waals surface area contributed by atoms with Crippen LogP contribution >= 0.6 is 0 Å². The minimum Gasteiger partial charge on any atom is -0.363 e. The first-order valence-corrected chi connectivity index (χ1v) is 14.0. The number of benzene rings is 2. The van der Waals surface area contributed by atoms with Gasteiger partial charge < -0.3 is 10.6 Å². The van der Waals surface area contributed by atoms with Gasteiger partial charge in [-0.3, -0.25) is 9.79 Å². The number of alkyl halides is 6. The van der Waals surface area contributed by atoms with Gasteiger partial charge in [-0.15, -0.1) is 0 Å². The number of carbonyl (C=O) groups excluding carboxylic acids is 1. The monoisotopic (exact) mass is 622 g/mol. The lowest BCUT2D eigenvalue weighted by Crippen LogP contribution is -2.51. The predicted octanol–water partition coefficient (Wildman–Crippen LogP) is 5.20. The molecule has 0 spiro atoms. The SMILES string of the molecule is C=C(CCN(Cc1ccc(C(F)(F)F)cc1)S(=O)(=O)c1ccc(F)cc1)C1=NC(C(=O)NCCC(F)(F)F)C(C)(C)N1. The van der Waals surface area contributed by atoms with Gasteiger partial charge in [0.05, 0.1) is 22.4 Å². The lowest BCUT2D eigenvalue weighted by molar-refractivity contribution is -0.138. The lowest BCUT2D eigenvalue weighted by atomic mass is 9.96. The number of halogens is 7. The van der Waals surface area contributed by atoms with Gasteiger partial charge in [0.1, 0.15) is 11.7 Å². The number of rotatable bonds is 11. The maximum Gasteiger partial charge on any atom is 0.416 e. The Morgan fingerprint density at radius 2 is 1.64 bits per heavy atom. The summed E-state index contributed by atoms with van der Waals surface area (Å²) in [4.78, 5) is 16.6. The minimum absolute atomic E-state index is 0.0363. The molecular formula is C27H29F7N4O3S. The highest BCUT2D eigenvalue weighted by atomic mass is 32.2. The molecule has 1 atom stereocenters. The number of sulfonamides is 1. The summed E-state index contributed by atoms with van der Waals surface area (Å²) in [6.07, 6.45) is -10.3. The molecule has 1 heterocycles. The van der Waals surface area contributed by atoms with Crippen LogP contribution in [-0.2, 0) is 27.5 Å². The number of nitrogens with one attached hydrogen (secondary N) is 2. The fourth-order valence-electron chi connectivity index (χ4n) is 4.11. The van der Waals surface area contributed by atoms with E-state index in [1.54, 1.807) is 13.8 Å². The van der Waals surface area contributed by atoms with Crippen LogP contribution in [0.2, 0.25) is 0 Å². The molecule has 0 radical (unpaired) electrons. The average Bonchev–Trinajstić information content (AvgIpc) is 3.20. The normalized spacial score (nSPS) is 17.1. The van der Waals surface area contributed by atoms with E-state index in [0.29, 0.717) is 0 Å². The molecule has 0 saturated carbocycles. The van der Waals surface area contributed by atoms with Crippen LogP contribution in [0.15, 0.2) is 70.6 Å². The zero-order valence-electron chi connectivity index (χ0n) is 22.6. The van der Waals surface area contributed by atoms with E-state index < -0.39 is 64.2 Å². The first kappa shape index (κ1) is 33.0. The third-order valence-corrected chi connectivity index (χ3v) is 8.29. The second-order valence-electron chi connectivity index (χ2n) is 10.2. The number of aliphatic imine (C=N–C) groups is 1. The van der Waals surface area contributed by atoms with Crippen LogP contribution in [0.4, 0.5) is 30.7 Å². The van der Waals surface area contributed by atoms with Gasteiger partial charge >= 0.3 is 12.4 Å². The van der Waals surface area contributed by atoms with E-state index in [4.69, 9.17) is 0 Å². The highest BCUT2D eigenvalue weighted by Gasteiger charge is 2.41. The second kappa shape index (κ2) is 12.4. The quantitative estimate of drug-likeness (QED) is 0.338. The highest BCUT2D eigenvalue weighted by Crippen LogP contribution is 2.30. The summed E-state index contributed by atoms with van der Waals surface area (Å²) in [6, 6.07) is 6.91. The molecule has 15 heteroatoms. The van der Waals surface area contributed by atoms with E-state index in [2.05, 4.69) is 22.2 Å². The van der Waals surface area contributed by atoms with Crippen molar-refractivity contribution >= 4 is 21.8 Å². The zero-order chi connectivity index (χ0) is 31.5. The van der Waals surface area contributed by atoms with Crippen molar-refractivity contribution in [2.45, 2.75) is 62.1 Å². The number of hydrogen-bond acceptors (Lipinski definition) is 5. The average molecular weight is 623 g/mol. The topological polar surface area (TPSA) is 90.9 Å². The van der Waals surface area contributed by atoms with Crippen molar-refractivity contribution in [2.75, 3.05) is 13.1 Å². The molecule has 2 aromatic rings. The van der Waals surface area contributed by atoms with Crippen molar-refractivity contribution in [3.63, 3.8) is 0 Å². The van der Waals surface area contributed by atoms with E-state index >= 15 is 0 Å². The number of carbonyl (C=O) groups is 1. The Morgan fingerprint density at radius 1 is 1.05 bits per heavy atom. The molecule has 42 heavy (non-hydrogen) atoms. The maximum atomic E-state index is 13.4. The Hall–Kier alpha value is -3.46. The Morgan fingerprint density at radius 3 is 2.19 bits per heavy atom. The number of amides is 1. The van der Waals surface area contributed by atoms with Crippen molar-refractivity contribution in [3.05, 3.63) is 77.6 Å². The number of amidine groups is 1. The molecule has 0 saturated heterocycles. The number of hydrogen-bond donors (Lipinski definition) is 2. The van der Waals surface area contributed by atoms with Crippen LogP contribution in [0.25, 0.3) is 0 Å². The Bertz CT molecular complexity index is 1420. The van der Waals surface area contributed by atoms with Gasteiger partial charge in [0, 0.05) is 19.6 Å². The molecule has 230 valence electrons.